The molecule has 0 heterocycles. The predicted octanol–water partition coefficient (Wildman–Crippen LogP) is 3.86. The van der Waals surface area contributed by atoms with Gasteiger partial charge in [0, 0.05) is 21.2 Å². The minimum Gasteiger partial charge on any atom is -0.368 e. The summed E-state index contributed by atoms with van der Waals surface area (Å²) in [6, 6.07) is 5.82. The molecule has 0 saturated heterocycles. The molecule has 3 N–H and O–H groups in total. The highest BCUT2D eigenvalue weighted by atomic mass is 35.5. The molecule has 1 aliphatic carbocycles. The molecule has 3 nitrogen and oxygen atoms in total. The Morgan fingerprint density at radius 2 is 2.19 bits per heavy atom. The van der Waals surface area contributed by atoms with Crippen molar-refractivity contribution in [2.45, 2.75) is 54.8 Å². The zero-order chi connectivity index (χ0) is 15.6. The van der Waals surface area contributed by atoms with E-state index in [1.54, 1.807) is 23.9 Å². The highest BCUT2D eigenvalue weighted by Crippen LogP contribution is 2.36. The van der Waals surface area contributed by atoms with Gasteiger partial charge in [-0.1, -0.05) is 30.1 Å². The number of hydrogen-bond donors (Lipinski definition) is 2. The number of carbonyl (C=O) groups excluding carboxylic acids is 1. The van der Waals surface area contributed by atoms with Crippen molar-refractivity contribution in [2.75, 3.05) is 0 Å². The van der Waals surface area contributed by atoms with E-state index in [0.29, 0.717) is 22.5 Å². The van der Waals surface area contributed by atoms with E-state index in [4.69, 9.17) is 28.9 Å². The largest absolute Gasteiger partial charge is 0.368 e. The lowest BCUT2D eigenvalue weighted by atomic mass is 9.95. The van der Waals surface area contributed by atoms with Gasteiger partial charge in [-0.3, -0.25) is 4.79 Å². The number of amides is 1. The Hall–Kier alpha value is -0.420. The second-order valence-corrected chi connectivity index (χ2v) is 8.15. The minimum atomic E-state index is -0.682. The number of nitrogens with two attached hydrogens (primary N) is 1. The molecule has 0 aliphatic heterocycles. The number of nitrogens with one attached hydrogen (secondary N) is 1. The molecule has 0 aromatic heterocycles. The van der Waals surface area contributed by atoms with Gasteiger partial charge < -0.3 is 11.1 Å². The molecule has 1 saturated carbocycles. The van der Waals surface area contributed by atoms with Crippen molar-refractivity contribution in [2.24, 2.45) is 5.73 Å². The number of benzene rings is 1. The monoisotopic (exact) mass is 346 g/mol. The fraction of sp³-hybridized carbons (Fsp3) is 0.533. The Balaban J connectivity index is 2.03. The number of carbonyl (C=O) groups is 1. The molecule has 1 aromatic carbocycles. The van der Waals surface area contributed by atoms with Crippen LogP contribution in [0.15, 0.2) is 23.1 Å². The van der Waals surface area contributed by atoms with Crippen LogP contribution in [0.25, 0.3) is 0 Å². The summed E-state index contributed by atoms with van der Waals surface area (Å²) in [7, 11) is 0. The molecule has 116 valence electrons. The average Bonchev–Trinajstić information content (AvgIpc) is 3.17. The summed E-state index contributed by atoms with van der Waals surface area (Å²) >= 11 is 13.8. The zero-order valence-electron chi connectivity index (χ0n) is 12.2. The summed E-state index contributed by atoms with van der Waals surface area (Å²) in [5, 5.41) is 4.88. The fourth-order valence-corrected chi connectivity index (χ4v) is 4.02. The van der Waals surface area contributed by atoms with Gasteiger partial charge >= 0.3 is 0 Å². The van der Waals surface area contributed by atoms with Crippen molar-refractivity contribution in [1.82, 2.24) is 5.32 Å². The van der Waals surface area contributed by atoms with E-state index in [0.717, 1.165) is 17.7 Å². The van der Waals surface area contributed by atoms with Gasteiger partial charge in [-0.2, -0.15) is 0 Å². The van der Waals surface area contributed by atoms with Crippen molar-refractivity contribution < 1.29 is 4.79 Å². The molecule has 2 unspecified atom stereocenters. The second-order valence-electron chi connectivity index (χ2n) is 5.82. The first kappa shape index (κ1) is 16.9. The van der Waals surface area contributed by atoms with Crippen LogP contribution >= 0.6 is 35.0 Å². The molecular formula is C15H20Cl2N2OS. The van der Waals surface area contributed by atoms with Gasteiger partial charge in [0.1, 0.15) is 0 Å². The van der Waals surface area contributed by atoms with Gasteiger partial charge in [0.05, 0.1) is 10.6 Å². The van der Waals surface area contributed by atoms with Gasteiger partial charge in [0.15, 0.2) is 0 Å². The Bertz CT molecular complexity index is 536. The highest BCUT2D eigenvalue weighted by Gasteiger charge is 2.38. The van der Waals surface area contributed by atoms with Crippen molar-refractivity contribution in [1.29, 1.82) is 0 Å². The maximum absolute atomic E-state index is 11.8. The van der Waals surface area contributed by atoms with Crippen LogP contribution < -0.4 is 11.1 Å². The van der Waals surface area contributed by atoms with Crippen molar-refractivity contribution in [3.8, 4) is 0 Å². The summed E-state index contributed by atoms with van der Waals surface area (Å²) in [5.41, 5.74) is 4.90. The fourth-order valence-electron chi connectivity index (χ4n) is 2.31. The summed E-state index contributed by atoms with van der Waals surface area (Å²) in [6.07, 6.45) is 2.88. The number of rotatable bonds is 7. The third-order valence-electron chi connectivity index (χ3n) is 3.56. The van der Waals surface area contributed by atoms with Crippen LogP contribution in [-0.4, -0.2) is 22.7 Å². The molecule has 2 rings (SSSR count). The normalized spacial score (nSPS) is 19.0. The summed E-state index contributed by atoms with van der Waals surface area (Å²) < 4.78 is 0. The molecule has 1 aliphatic rings. The molecule has 1 amide bonds. The highest BCUT2D eigenvalue weighted by molar-refractivity contribution is 8.00. The van der Waals surface area contributed by atoms with E-state index >= 15 is 0 Å². The van der Waals surface area contributed by atoms with Crippen molar-refractivity contribution in [3.05, 3.63) is 28.2 Å². The van der Waals surface area contributed by atoms with Crippen LogP contribution in [-0.2, 0) is 4.79 Å². The zero-order valence-corrected chi connectivity index (χ0v) is 14.5. The molecular weight excluding hydrogens is 327 g/mol. The molecule has 0 radical (unpaired) electrons. The van der Waals surface area contributed by atoms with Crippen LogP contribution in [0.2, 0.25) is 10.0 Å². The Labute approximate surface area is 139 Å². The van der Waals surface area contributed by atoms with Gasteiger partial charge in [-0.25, -0.2) is 0 Å². The first-order valence-corrected chi connectivity index (χ1v) is 8.63. The lowest BCUT2D eigenvalue weighted by Crippen LogP contribution is -2.55. The first-order valence-electron chi connectivity index (χ1n) is 6.99. The molecule has 0 bridgehead atoms. The van der Waals surface area contributed by atoms with Gasteiger partial charge in [-0.05, 0) is 44.4 Å². The smallest absolute Gasteiger partial charge is 0.237 e. The SMILES string of the molecule is CC(CC(C)(NC1CC1)C(N)=O)Sc1cc(Cl)ccc1Cl. The molecule has 2 atom stereocenters. The first-order chi connectivity index (χ1) is 9.80. The summed E-state index contributed by atoms with van der Waals surface area (Å²) in [5.74, 6) is -0.306. The second kappa shape index (κ2) is 6.78. The lowest BCUT2D eigenvalue weighted by Gasteiger charge is -2.30. The minimum absolute atomic E-state index is 0.185. The molecule has 6 heteroatoms. The third kappa shape index (κ3) is 4.78. The van der Waals surface area contributed by atoms with Gasteiger partial charge in [-0.15, -0.1) is 11.8 Å². The lowest BCUT2D eigenvalue weighted by molar-refractivity contribution is -0.124. The number of thioether (sulfide) groups is 1. The topological polar surface area (TPSA) is 55.1 Å². The predicted molar refractivity (Wildman–Crippen MR) is 90.2 cm³/mol. The van der Waals surface area contributed by atoms with Crippen molar-refractivity contribution in [3.63, 3.8) is 0 Å². The summed E-state index contributed by atoms with van der Waals surface area (Å²) in [4.78, 5) is 12.7. The van der Waals surface area contributed by atoms with Crippen molar-refractivity contribution >= 4 is 40.9 Å². The van der Waals surface area contributed by atoms with Gasteiger partial charge in [0.2, 0.25) is 5.91 Å². The van der Waals surface area contributed by atoms with E-state index in [2.05, 4.69) is 12.2 Å². The van der Waals surface area contributed by atoms with E-state index in [1.165, 1.54) is 0 Å². The molecule has 1 fully saturated rings. The van der Waals surface area contributed by atoms with Crippen LogP contribution in [0.3, 0.4) is 0 Å². The van der Waals surface area contributed by atoms with Crippen LogP contribution in [0, 0.1) is 0 Å². The average molecular weight is 347 g/mol. The molecule has 21 heavy (non-hydrogen) atoms. The summed E-state index contributed by atoms with van der Waals surface area (Å²) in [6.45, 7) is 3.95. The Morgan fingerprint density at radius 3 is 2.76 bits per heavy atom. The van der Waals surface area contributed by atoms with Gasteiger partial charge in [0.25, 0.3) is 0 Å². The quantitative estimate of drug-likeness (QED) is 0.737. The standard InChI is InChI=1S/C15H20Cl2N2OS/c1-9(21-13-7-10(16)3-6-12(13)17)8-15(2,14(18)20)19-11-4-5-11/h3,6-7,9,11,19H,4-5,8H2,1-2H3,(H2,18,20). The molecule has 0 spiro atoms. The Kier molecular flexibility index (Phi) is 5.47. The third-order valence-corrected chi connectivity index (χ3v) is 5.40. The number of halogens is 2. The van der Waals surface area contributed by atoms with E-state index in [9.17, 15) is 4.79 Å². The Morgan fingerprint density at radius 1 is 1.52 bits per heavy atom. The van der Waals surface area contributed by atoms with Crippen LogP contribution in [0.4, 0.5) is 0 Å². The number of primary amides is 1. The van der Waals surface area contributed by atoms with Crippen LogP contribution in [0.1, 0.15) is 33.1 Å². The maximum Gasteiger partial charge on any atom is 0.237 e. The van der Waals surface area contributed by atoms with E-state index in [-0.39, 0.29) is 11.2 Å². The maximum atomic E-state index is 11.8. The van der Waals surface area contributed by atoms with E-state index < -0.39 is 5.54 Å². The molecule has 1 aromatic rings. The van der Waals surface area contributed by atoms with E-state index in [1.807, 2.05) is 13.0 Å². The van der Waals surface area contributed by atoms with Crippen LogP contribution in [0.5, 0.6) is 0 Å². The number of hydrogen-bond acceptors (Lipinski definition) is 3.